The van der Waals surface area contributed by atoms with Gasteiger partial charge in [-0.1, -0.05) is 55.8 Å². The lowest BCUT2D eigenvalue weighted by atomic mass is 9.75. The van der Waals surface area contributed by atoms with Gasteiger partial charge in [-0.15, -0.1) is 0 Å². The molecule has 1 fully saturated rings. The Morgan fingerprint density at radius 2 is 1.71 bits per heavy atom. The van der Waals surface area contributed by atoms with Crippen LogP contribution in [0.5, 0.6) is 0 Å². The van der Waals surface area contributed by atoms with E-state index in [0.717, 1.165) is 5.92 Å². The number of rotatable bonds is 4. The highest BCUT2D eigenvalue weighted by molar-refractivity contribution is 5.47. The molecule has 110 valence electrons. The van der Waals surface area contributed by atoms with Crippen molar-refractivity contribution in [2.75, 3.05) is 5.32 Å². The van der Waals surface area contributed by atoms with Gasteiger partial charge in [-0.05, 0) is 54.9 Å². The minimum atomic E-state index is 0.605. The molecule has 1 saturated carbocycles. The summed E-state index contributed by atoms with van der Waals surface area (Å²) in [5, 5.41) is 3.66. The Kier molecular flexibility index (Phi) is 4.01. The van der Waals surface area contributed by atoms with E-state index in [1.807, 2.05) is 0 Å². The summed E-state index contributed by atoms with van der Waals surface area (Å²) in [5.41, 5.74) is 5.54. The van der Waals surface area contributed by atoms with Crippen molar-refractivity contribution < 1.29 is 0 Å². The predicted molar refractivity (Wildman–Crippen MR) is 91.1 cm³/mol. The SMILES string of the molecule is Cc1cccc(C2CC(Nc3ccc(C(C)C)cc3)C2)c1. The Hall–Kier alpha value is -1.76. The van der Waals surface area contributed by atoms with Crippen LogP contribution < -0.4 is 5.32 Å². The Labute approximate surface area is 128 Å². The first kappa shape index (κ1) is 14.2. The molecule has 1 aliphatic carbocycles. The maximum Gasteiger partial charge on any atom is 0.0342 e. The fourth-order valence-electron chi connectivity index (χ4n) is 3.13. The van der Waals surface area contributed by atoms with Gasteiger partial charge < -0.3 is 5.32 Å². The Bertz CT molecular complexity index is 591. The minimum absolute atomic E-state index is 0.605. The highest BCUT2D eigenvalue weighted by Gasteiger charge is 2.30. The van der Waals surface area contributed by atoms with Gasteiger partial charge in [-0.2, -0.15) is 0 Å². The summed E-state index contributed by atoms with van der Waals surface area (Å²) in [5.74, 6) is 1.34. The van der Waals surface area contributed by atoms with Crippen LogP contribution in [0.1, 0.15) is 55.2 Å². The van der Waals surface area contributed by atoms with E-state index in [-0.39, 0.29) is 0 Å². The van der Waals surface area contributed by atoms with E-state index < -0.39 is 0 Å². The lowest BCUT2D eigenvalue weighted by Gasteiger charge is -2.37. The highest BCUT2D eigenvalue weighted by atomic mass is 14.9. The summed E-state index contributed by atoms with van der Waals surface area (Å²) >= 11 is 0. The molecule has 2 aromatic carbocycles. The molecule has 2 aromatic rings. The molecule has 0 atom stereocenters. The largest absolute Gasteiger partial charge is 0.382 e. The molecule has 0 aromatic heterocycles. The molecule has 0 saturated heterocycles. The third kappa shape index (κ3) is 3.29. The normalized spacial score (nSPS) is 21.1. The number of aryl methyl sites for hydroxylation is 1. The molecule has 3 rings (SSSR count). The predicted octanol–water partition coefficient (Wildman–Crippen LogP) is 5.48. The molecule has 1 nitrogen and oxygen atoms in total. The zero-order valence-corrected chi connectivity index (χ0v) is 13.3. The fourth-order valence-corrected chi connectivity index (χ4v) is 3.13. The maximum absolute atomic E-state index is 3.66. The lowest BCUT2D eigenvalue weighted by Crippen LogP contribution is -2.34. The zero-order valence-electron chi connectivity index (χ0n) is 13.3. The molecule has 0 radical (unpaired) electrons. The summed E-state index contributed by atoms with van der Waals surface area (Å²) in [6.07, 6.45) is 2.49. The summed E-state index contributed by atoms with van der Waals surface area (Å²) in [6.45, 7) is 6.65. The highest BCUT2D eigenvalue weighted by Crippen LogP contribution is 2.38. The van der Waals surface area contributed by atoms with Crippen molar-refractivity contribution in [1.29, 1.82) is 0 Å². The quantitative estimate of drug-likeness (QED) is 0.781. The van der Waals surface area contributed by atoms with Gasteiger partial charge in [0.2, 0.25) is 0 Å². The number of hydrogen-bond acceptors (Lipinski definition) is 1. The van der Waals surface area contributed by atoms with Crippen LogP contribution >= 0.6 is 0 Å². The van der Waals surface area contributed by atoms with Crippen molar-refractivity contribution in [3.63, 3.8) is 0 Å². The van der Waals surface area contributed by atoms with E-state index in [0.29, 0.717) is 12.0 Å². The maximum atomic E-state index is 3.66. The number of benzene rings is 2. The van der Waals surface area contributed by atoms with Gasteiger partial charge in [-0.25, -0.2) is 0 Å². The van der Waals surface area contributed by atoms with E-state index in [4.69, 9.17) is 0 Å². The number of nitrogens with one attached hydrogen (secondary N) is 1. The zero-order chi connectivity index (χ0) is 14.8. The second-order valence-electron chi connectivity index (χ2n) is 6.70. The van der Waals surface area contributed by atoms with Crippen molar-refractivity contribution in [3.8, 4) is 0 Å². The molecule has 0 bridgehead atoms. The average Bonchev–Trinajstić information content (AvgIpc) is 2.43. The minimum Gasteiger partial charge on any atom is -0.382 e. The van der Waals surface area contributed by atoms with Crippen LogP contribution in [-0.2, 0) is 0 Å². The topological polar surface area (TPSA) is 12.0 Å². The van der Waals surface area contributed by atoms with Crippen molar-refractivity contribution in [3.05, 3.63) is 65.2 Å². The number of hydrogen-bond donors (Lipinski definition) is 1. The lowest BCUT2D eigenvalue weighted by molar-refractivity contribution is 0.374. The van der Waals surface area contributed by atoms with E-state index >= 15 is 0 Å². The first-order valence-electron chi connectivity index (χ1n) is 8.05. The van der Waals surface area contributed by atoms with Crippen LogP contribution in [0, 0.1) is 6.92 Å². The van der Waals surface area contributed by atoms with Crippen LogP contribution in [0.15, 0.2) is 48.5 Å². The molecule has 21 heavy (non-hydrogen) atoms. The smallest absolute Gasteiger partial charge is 0.0342 e. The molecule has 0 heterocycles. The Balaban J connectivity index is 1.55. The van der Waals surface area contributed by atoms with E-state index in [2.05, 4.69) is 74.6 Å². The van der Waals surface area contributed by atoms with Gasteiger partial charge in [-0.3, -0.25) is 0 Å². The summed E-state index contributed by atoms with van der Waals surface area (Å²) < 4.78 is 0. The van der Waals surface area contributed by atoms with Crippen molar-refractivity contribution in [1.82, 2.24) is 0 Å². The van der Waals surface area contributed by atoms with Gasteiger partial charge in [0, 0.05) is 11.7 Å². The molecular weight excluding hydrogens is 254 g/mol. The Morgan fingerprint density at radius 3 is 2.33 bits per heavy atom. The van der Waals surface area contributed by atoms with Crippen LogP contribution in [0.3, 0.4) is 0 Å². The van der Waals surface area contributed by atoms with E-state index in [9.17, 15) is 0 Å². The van der Waals surface area contributed by atoms with Gasteiger partial charge in [0.1, 0.15) is 0 Å². The molecule has 0 amide bonds. The van der Waals surface area contributed by atoms with Crippen molar-refractivity contribution in [2.24, 2.45) is 0 Å². The monoisotopic (exact) mass is 279 g/mol. The molecule has 1 aliphatic rings. The third-order valence-corrected chi connectivity index (χ3v) is 4.60. The first-order chi connectivity index (χ1) is 10.1. The molecule has 1 heteroatoms. The van der Waals surface area contributed by atoms with Crippen molar-refractivity contribution in [2.45, 2.75) is 51.5 Å². The van der Waals surface area contributed by atoms with Gasteiger partial charge in [0.15, 0.2) is 0 Å². The van der Waals surface area contributed by atoms with E-state index in [1.54, 1.807) is 0 Å². The van der Waals surface area contributed by atoms with Gasteiger partial charge in [0.05, 0.1) is 0 Å². The van der Waals surface area contributed by atoms with Gasteiger partial charge in [0.25, 0.3) is 0 Å². The molecule has 1 N–H and O–H groups in total. The average molecular weight is 279 g/mol. The van der Waals surface area contributed by atoms with Crippen LogP contribution in [-0.4, -0.2) is 6.04 Å². The standard InChI is InChI=1S/C20H25N/c1-14(2)16-7-9-19(10-8-16)21-20-12-18(13-20)17-6-4-5-15(3)11-17/h4-11,14,18,20-21H,12-13H2,1-3H3. The van der Waals surface area contributed by atoms with E-state index in [1.165, 1.54) is 35.2 Å². The van der Waals surface area contributed by atoms with Crippen molar-refractivity contribution >= 4 is 5.69 Å². The van der Waals surface area contributed by atoms with Crippen LogP contribution in [0.25, 0.3) is 0 Å². The molecular formula is C20H25N. The second-order valence-corrected chi connectivity index (χ2v) is 6.70. The van der Waals surface area contributed by atoms with Gasteiger partial charge >= 0.3 is 0 Å². The summed E-state index contributed by atoms with van der Waals surface area (Å²) in [6, 6.07) is 18.5. The van der Waals surface area contributed by atoms with Crippen LogP contribution in [0.4, 0.5) is 5.69 Å². The Morgan fingerprint density at radius 1 is 1.00 bits per heavy atom. The van der Waals surface area contributed by atoms with Crippen LogP contribution in [0.2, 0.25) is 0 Å². The molecule has 0 aliphatic heterocycles. The fraction of sp³-hybridized carbons (Fsp3) is 0.400. The second kappa shape index (κ2) is 5.93. The molecule has 0 unspecified atom stereocenters. The summed E-state index contributed by atoms with van der Waals surface area (Å²) in [7, 11) is 0. The first-order valence-corrected chi connectivity index (χ1v) is 8.05. The number of anilines is 1. The summed E-state index contributed by atoms with van der Waals surface area (Å²) in [4.78, 5) is 0. The third-order valence-electron chi connectivity index (χ3n) is 4.60. The molecule has 0 spiro atoms.